The van der Waals surface area contributed by atoms with E-state index in [0.717, 1.165) is 17.7 Å². The predicted octanol–water partition coefficient (Wildman–Crippen LogP) is 5.99. The van der Waals surface area contributed by atoms with Crippen LogP contribution in [-0.2, 0) is 25.3 Å². The van der Waals surface area contributed by atoms with Gasteiger partial charge in [-0.15, -0.1) is 0 Å². The number of ether oxygens (including phenoxy) is 2. The van der Waals surface area contributed by atoms with Gasteiger partial charge in [0.05, 0.1) is 22.2 Å². The van der Waals surface area contributed by atoms with Crippen molar-refractivity contribution in [3.63, 3.8) is 0 Å². The highest BCUT2D eigenvalue weighted by Gasteiger charge is 2.36. The topological polar surface area (TPSA) is 84.9 Å². The summed E-state index contributed by atoms with van der Waals surface area (Å²) in [4.78, 5) is 38.6. The summed E-state index contributed by atoms with van der Waals surface area (Å²) in [5.74, 6) is -1.50. The van der Waals surface area contributed by atoms with Crippen LogP contribution in [0.5, 0.6) is 11.5 Å². The quantitative estimate of drug-likeness (QED) is 0.368. The van der Waals surface area contributed by atoms with Gasteiger partial charge in [0.1, 0.15) is 11.5 Å². The number of nitrogens with zero attached hydrogens (tertiary/aromatic N) is 1. The van der Waals surface area contributed by atoms with Gasteiger partial charge < -0.3 is 19.7 Å². The maximum atomic E-state index is 12.9. The zero-order valence-corrected chi connectivity index (χ0v) is 20.8. The number of amides is 2. The largest absolute Gasteiger partial charge is 0.457 e. The summed E-state index contributed by atoms with van der Waals surface area (Å²) in [6.45, 7) is 1.28. The van der Waals surface area contributed by atoms with E-state index in [9.17, 15) is 27.6 Å². The molecule has 1 saturated heterocycles. The van der Waals surface area contributed by atoms with E-state index in [1.165, 1.54) is 4.90 Å². The molecule has 1 aliphatic rings. The van der Waals surface area contributed by atoms with Crippen LogP contribution in [0.4, 0.5) is 24.5 Å². The lowest BCUT2D eigenvalue weighted by Gasteiger charge is -2.17. The number of halogens is 4. The molecule has 0 aliphatic carbocycles. The minimum atomic E-state index is -4.62. The summed E-state index contributed by atoms with van der Waals surface area (Å²) in [6, 6.07) is 16.8. The monoisotopic (exact) mass is 546 g/mol. The molecular formula is C27H22ClF3N2O5. The molecule has 38 heavy (non-hydrogen) atoms. The Balaban J connectivity index is 1.30. The van der Waals surface area contributed by atoms with Crippen LogP contribution in [0.25, 0.3) is 0 Å². The number of hydrogen-bond acceptors (Lipinski definition) is 5. The molecule has 1 fully saturated rings. The second-order valence-electron chi connectivity index (χ2n) is 8.66. The summed E-state index contributed by atoms with van der Waals surface area (Å²) in [6.07, 6.45) is -4.73. The average molecular weight is 547 g/mol. The van der Waals surface area contributed by atoms with Crippen molar-refractivity contribution in [2.24, 2.45) is 5.92 Å². The number of hydrogen-bond donors (Lipinski definition) is 1. The van der Waals surface area contributed by atoms with Crippen LogP contribution in [0.1, 0.15) is 17.5 Å². The molecule has 1 aliphatic heterocycles. The molecule has 1 N–H and O–H groups in total. The number of carbonyl (C=O) groups excluding carboxylic acids is 3. The molecular weight excluding hydrogens is 525 g/mol. The van der Waals surface area contributed by atoms with E-state index in [4.69, 9.17) is 21.1 Å². The normalized spacial score (nSPS) is 15.3. The first-order chi connectivity index (χ1) is 18.0. The Hall–Kier alpha value is -4.05. The van der Waals surface area contributed by atoms with E-state index in [0.29, 0.717) is 23.3 Å². The van der Waals surface area contributed by atoms with Gasteiger partial charge in [-0.3, -0.25) is 14.4 Å². The highest BCUT2D eigenvalue weighted by molar-refractivity contribution is 6.33. The van der Waals surface area contributed by atoms with E-state index >= 15 is 0 Å². The third-order valence-corrected chi connectivity index (χ3v) is 6.11. The Morgan fingerprint density at radius 2 is 1.66 bits per heavy atom. The van der Waals surface area contributed by atoms with Gasteiger partial charge in [-0.2, -0.15) is 13.2 Å². The lowest BCUT2D eigenvalue weighted by atomic mass is 10.1. The average Bonchev–Trinajstić information content (AvgIpc) is 3.26. The molecule has 7 nitrogen and oxygen atoms in total. The van der Waals surface area contributed by atoms with Crippen molar-refractivity contribution in [1.29, 1.82) is 0 Å². The molecule has 0 aromatic heterocycles. The van der Waals surface area contributed by atoms with Crippen molar-refractivity contribution >= 4 is 40.8 Å². The SMILES string of the molecule is Cc1ccc(Oc2ccc(N3C[C@H](C(=O)OCC(=O)Nc4cc(C(F)(F)F)ccc4Cl)CC3=O)cc2)cc1. The molecule has 0 radical (unpaired) electrons. The molecule has 0 unspecified atom stereocenters. The molecule has 3 aromatic carbocycles. The number of carbonyl (C=O) groups is 3. The van der Waals surface area contributed by atoms with E-state index in [1.807, 2.05) is 31.2 Å². The van der Waals surface area contributed by atoms with E-state index in [-0.39, 0.29) is 29.6 Å². The second-order valence-corrected chi connectivity index (χ2v) is 9.07. The van der Waals surface area contributed by atoms with Crippen LogP contribution in [0.3, 0.4) is 0 Å². The standard InChI is InChI=1S/C27H22ClF3N2O5/c1-16-2-7-20(8-3-16)38-21-9-5-19(6-10-21)33-14-17(12-25(33)35)26(36)37-15-24(34)32-23-13-18(27(29,30)31)4-11-22(23)28/h2-11,13,17H,12,14-15H2,1H3,(H,32,34)/t17-/m1/s1. The number of esters is 1. The van der Waals surface area contributed by atoms with Crippen molar-refractivity contribution in [3.05, 3.63) is 82.9 Å². The van der Waals surface area contributed by atoms with Crippen molar-refractivity contribution < 1.29 is 37.0 Å². The highest BCUT2D eigenvalue weighted by atomic mass is 35.5. The van der Waals surface area contributed by atoms with Crippen LogP contribution >= 0.6 is 11.6 Å². The smallest absolute Gasteiger partial charge is 0.416 e. The fourth-order valence-corrected chi connectivity index (χ4v) is 3.95. The summed E-state index contributed by atoms with van der Waals surface area (Å²) in [7, 11) is 0. The van der Waals surface area contributed by atoms with Crippen molar-refractivity contribution in [3.8, 4) is 11.5 Å². The molecule has 1 heterocycles. The Bertz CT molecular complexity index is 1340. The number of rotatable bonds is 7. The number of alkyl halides is 3. The Morgan fingerprint density at radius 3 is 2.29 bits per heavy atom. The van der Waals surface area contributed by atoms with Crippen LogP contribution in [0.15, 0.2) is 66.7 Å². The number of benzene rings is 3. The first-order valence-electron chi connectivity index (χ1n) is 11.5. The Morgan fingerprint density at radius 1 is 1.03 bits per heavy atom. The number of anilines is 2. The minimum absolute atomic E-state index is 0.0525. The highest BCUT2D eigenvalue weighted by Crippen LogP contribution is 2.34. The molecule has 4 rings (SSSR count). The van der Waals surface area contributed by atoms with Crippen molar-refractivity contribution in [2.45, 2.75) is 19.5 Å². The maximum Gasteiger partial charge on any atom is 0.416 e. The Kier molecular flexibility index (Phi) is 7.91. The lowest BCUT2D eigenvalue weighted by molar-refractivity contribution is -0.151. The number of aryl methyl sites for hydroxylation is 1. The minimum Gasteiger partial charge on any atom is -0.457 e. The Labute approximate surface area is 221 Å². The summed E-state index contributed by atoms with van der Waals surface area (Å²) in [5, 5.41) is 2.09. The van der Waals surface area contributed by atoms with Gasteiger partial charge in [0.25, 0.3) is 5.91 Å². The van der Waals surface area contributed by atoms with Crippen LogP contribution in [-0.4, -0.2) is 30.9 Å². The maximum absolute atomic E-state index is 12.9. The molecule has 3 aromatic rings. The molecule has 0 saturated carbocycles. The summed E-state index contributed by atoms with van der Waals surface area (Å²) in [5.41, 5.74) is 0.417. The van der Waals surface area contributed by atoms with E-state index < -0.39 is 36.1 Å². The van der Waals surface area contributed by atoms with Crippen LogP contribution in [0, 0.1) is 12.8 Å². The third-order valence-electron chi connectivity index (χ3n) is 5.78. The molecule has 198 valence electrons. The predicted molar refractivity (Wildman–Crippen MR) is 134 cm³/mol. The molecule has 0 spiro atoms. The first-order valence-corrected chi connectivity index (χ1v) is 11.9. The van der Waals surface area contributed by atoms with Crippen molar-refractivity contribution in [2.75, 3.05) is 23.4 Å². The fourth-order valence-electron chi connectivity index (χ4n) is 3.79. The molecule has 0 bridgehead atoms. The number of nitrogens with one attached hydrogen (secondary N) is 1. The van der Waals surface area contributed by atoms with Gasteiger partial charge in [0.2, 0.25) is 5.91 Å². The lowest BCUT2D eigenvalue weighted by Crippen LogP contribution is -2.28. The molecule has 11 heteroatoms. The zero-order valence-electron chi connectivity index (χ0n) is 20.0. The van der Waals surface area contributed by atoms with Gasteiger partial charge in [-0.1, -0.05) is 29.3 Å². The van der Waals surface area contributed by atoms with Crippen LogP contribution < -0.4 is 15.0 Å². The van der Waals surface area contributed by atoms with Crippen molar-refractivity contribution in [1.82, 2.24) is 0 Å². The molecule has 1 atom stereocenters. The fraction of sp³-hybridized carbons (Fsp3) is 0.222. The van der Waals surface area contributed by atoms with Crippen LogP contribution in [0.2, 0.25) is 5.02 Å². The zero-order chi connectivity index (χ0) is 27.4. The first kappa shape index (κ1) is 27.0. The van der Waals surface area contributed by atoms with Gasteiger partial charge in [0, 0.05) is 18.7 Å². The summed E-state index contributed by atoms with van der Waals surface area (Å²) < 4.78 is 49.5. The summed E-state index contributed by atoms with van der Waals surface area (Å²) >= 11 is 5.86. The van der Waals surface area contributed by atoms with Gasteiger partial charge in [-0.25, -0.2) is 0 Å². The second kappa shape index (κ2) is 11.1. The van der Waals surface area contributed by atoms with Gasteiger partial charge >= 0.3 is 12.1 Å². The van der Waals surface area contributed by atoms with E-state index in [1.54, 1.807) is 24.3 Å². The van der Waals surface area contributed by atoms with Gasteiger partial charge in [0.15, 0.2) is 6.61 Å². The van der Waals surface area contributed by atoms with Gasteiger partial charge in [-0.05, 0) is 61.5 Å². The van der Waals surface area contributed by atoms with E-state index in [2.05, 4.69) is 5.32 Å². The third kappa shape index (κ3) is 6.63. The molecule has 2 amide bonds.